The maximum absolute atomic E-state index is 6.19. The van der Waals surface area contributed by atoms with E-state index in [2.05, 4.69) is 32.3 Å². The molecule has 4 heteroatoms. The first-order valence-electron chi connectivity index (χ1n) is 7.26. The highest BCUT2D eigenvalue weighted by Crippen LogP contribution is 2.41. The van der Waals surface area contributed by atoms with Gasteiger partial charge >= 0.3 is 0 Å². The third-order valence-corrected chi connectivity index (χ3v) is 5.20. The van der Waals surface area contributed by atoms with E-state index in [9.17, 15) is 0 Å². The van der Waals surface area contributed by atoms with Gasteiger partial charge in [0, 0.05) is 33.3 Å². The topological polar surface area (TPSA) is 24.9 Å². The van der Waals surface area contributed by atoms with Crippen LogP contribution in [0, 0.1) is 0 Å². The maximum Gasteiger partial charge on any atom is 0.0485 e. The van der Waals surface area contributed by atoms with Gasteiger partial charge in [0.15, 0.2) is 0 Å². The molecule has 110 valence electrons. The Balaban J connectivity index is 2.03. The van der Waals surface area contributed by atoms with Crippen LogP contribution in [-0.4, -0.2) is 12.0 Å². The second-order valence-corrected chi connectivity index (χ2v) is 6.77. The van der Waals surface area contributed by atoms with Gasteiger partial charge in [-0.25, -0.2) is 0 Å². The third kappa shape index (κ3) is 3.01. The van der Waals surface area contributed by atoms with Crippen molar-refractivity contribution in [3.05, 3.63) is 62.8 Å². The number of fused-ring (bicyclic) bond motifs is 1. The van der Waals surface area contributed by atoms with Gasteiger partial charge in [-0.3, -0.25) is 4.98 Å². The normalized spacial score (nSPS) is 19.1. The van der Waals surface area contributed by atoms with E-state index in [1.54, 1.807) is 0 Å². The van der Waals surface area contributed by atoms with E-state index in [1.165, 1.54) is 23.2 Å². The molecule has 0 amide bonds. The van der Waals surface area contributed by atoms with Crippen molar-refractivity contribution < 1.29 is 0 Å². The van der Waals surface area contributed by atoms with Crippen LogP contribution in [0.25, 0.3) is 0 Å². The molecule has 0 saturated heterocycles. The molecule has 1 N–H and O–H groups in total. The highest BCUT2D eigenvalue weighted by molar-refractivity contribution is 9.10. The van der Waals surface area contributed by atoms with E-state index < -0.39 is 0 Å². The number of hydrogen-bond donors (Lipinski definition) is 1. The van der Waals surface area contributed by atoms with E-state index >= 15 is 0 Å². The van der Waals surface area contributed by atoms with Gasteiger partial charge in [-0.2, -0.15) is 0 Å². The molecule has 0 fully saturated rings. The molecule has 0 spiro atoms. The molecule has 1 heterocycles. The van der Waals surface area contributed by atoms with E-state index in [4.69, 9.17) is 11.6 Å². The van der Waals surface area contributed by atoms with Crippen LogP contribution < -0.4 is 5.32 Å². The van der Waals surface area contributed by atoms with E-state index in [0.29, 0.717) is 5.92 Å². The second-order valence-electron chi connectivity index (χ2n) is 5.48. The van der Waals surface area contributed by atoms with Gasteiger partial charge in [0.25, 0.3) is 0 Å². The Morgan fingerprint density at radius 3 is 3.05 bits per heavy atom. The highest BCUT2D eigenvalue weighted by Gasteiger charge is 2.30. The van der Waals surface area contributed by atoms with Crippen LogP contribution >= 0.6 is 27.5 Å². The summed E-state index contributed by atoms with van der Waals surface area (Å²) in [7, 11) is 2.01. The van der Waals surface area contributed by atoms with Crippen molar-refractivity contribution in [1.82, 2.24) is 10.3 Å². The molecular weight excluding hydrogens is 348 g/mol. The Morgan fingerprint density at radius 1 is 1.38 bits per heavy atom. The Bertz CT molecular complexity index is 644. The average Bonchev–Trinajstić information content (AvgIpc) is 2.51. The van der Waals surface area contributed by atoms with Crippen LogP contribution in [0.4, 0.5) is 0 Å². The first-order chi connectivity index (χ1) is 10.2. The Hall–Kier alpha value is -0.900. The molecule has 1 aliphatic rings. The summed E-state index contributed by atoms with van der Waals surface area (Å²) in [5.74, 6) is 0.384. The van der Waals surface area contributed by atoms with Crippen molar-refractivity contribution in [3.63, 3.8) is 0 Å². The van der Waals surface area contributed by atoms with Gasteiger partial charge in [0.1, 0.15) is 0 Å². The molecule has 1 aliphatic carbocycles. The van der Waals surface area contributed by atoms with Gasteiger partial charge in [-0.05, 0) is 61.7 Å². The quantitative estimate of drug-likeness (QED) is 0.838. The molecule has 2 unspecified atom stereocenters. The zero-order chi connectivity index (χ0) is 14.8. The van der Waals surface area contributed by atoms with Crippen molar-refractivity contribution in [2.75, 3.05) is 7.05 Å². The van der Waals surface area contributed by atoms with Crippen LogP contribution in [0.2, 0.25) is 5.02 Å². The number of likely N-dealkylation sites (N-methyl/N-ethyl adjacent to an activating group) is 1. The second kappa shape index (κ2) is 6.47. The summed E-state index contributed by atoms with van der Waals surface area (Å²) in [5.41, 5.74) is 3.82. The van der Waals surface area contributed by atoms with E-state index in [1.807, 2.05) is 37.5 Å². The van der Waals surface area contributed by atoms with Crippen LogP contribution in [-0.2, 0) is 6.42 Å². The van der Waals surface area contributed by atoms with E-state index in [0.717, 1.165) is 22.3 Å². The molecule has 1 aromatic heterocycles. The lowest BCUT2D eigenvalue weighted by Gasteiger charge is -2.32. The predicted molar refractivity (Wildman–Crippen MR) is 90.9 cm³/mol. The van der Waals surface area contributed by atoms with Gasteiger partial charge < -0.3 is 5.32 Å². The molecule has 3 rings (SSSR count). The first kappa shape index (κ1) is 15.0. The number of halogens is 2. The Labute approximate surface area is 139 Å². The molecule has 2 nitrogen and oxygen atoms in total. The lowest BCUT2D eigenvalue weighted by molar-refractivity contribution is 0.415. The Morgan fingerprint density at radius 2 is 2.24 bits per heavy atom. The van der Waals surface area contributed by atoms with Crippen LogP contribution in [0.1, 0.15) is 41.6 Å². The fourth-order valence-corrected chi connectivity index (χ4v) is 3.97. The largest absolute Gasteiger partial charge is 0.312 e. The van der Waals surface area contributed by atoms with Gasteiger partial charge in [-0.1, -0.05) is 33.6 Å². The standard InChI is InChI=1S/C17H18BrClN2/c1-20-17(14-10-12(19)7-8-15(14)18)13-6-2-4-11-5-3-9-21-16(11)13/h3,5,7-10,13,17,20H,2,4,6H2,1H3. The summed E-state index contributed by atoms with van der Waals surface area (Å²) >= 11 is 9.85. The number of benzene rings is 1. The SMILES string of the molecule is CNC(c1cc(Cl)ccc1Br)C1CCCc2cccnc21. The maximum atomic E-state index is 6.19. The summed E-state index contributed by atoms with van der Waals surface area (Å²) in [6.07, 6.45) is 5.39. The van der Waals surface area contributed by atoms with Gasteiger partial charge in [0.2, 0.25) is 0 Å². The summed E-state index contributed by atoms with van der Waals surface area (Å²) < 4.78 is 1.09. The van der Waals surface area contributed by atoms with Crippen LogP contribution in [0.3, 0.4) is 0 Å². The van der Waals surface area contributed by atoms with Crippen molar-refractivity contribution in [2.24, 2.45) is 0 Å². The number of rotatable bonds is 3. The molecule has 1 aromatic carbocycles. The fourth-order valence-electron chi connectivity index (χ4n) is 3.30. The minimum Gasteiger partial charge on any atom is -0.312 e. The average molecular weight is 366 g/mol. The third-order valence-electron chi connectivity index (χ3n) is 4.25. The summed E-state index contributed by atoms with van der Waals surface area (Å²) in [5, 5.41) is 4.24. The summed E-state index contributed by atoms with van der Waals surface area (Å²) in [4.78, 5) is 4.66. The smallest absolute Gasteiger partial charge is 0.0485 e. The molecule has 0 bridgehead atoms. The van der Waals surface area contributed by atoms with Crippen molar-refractivity contribution in [3.8, 4) is 0 Å². The van der Waals surface area contributed by atoms with Crippen molar-refractivity contribution in [1.29, 1.82) is 0 Å². The summed E-state index contributed by atoms with van der Waals surface area (Å²) in [6, 6.07) is 10.4. The minimum absolute atomic E-state index is 0.215. The lowest BCUT2D eigenvalue weighted by Crippen LogP contribution is -2.27. The minimum atomic E-state index is 0.215. The highest BCUT2D eigenvalue weighted by atomic mass is 79.9. The first-order valence-corrected chi connectivity index (χ1v) is 8.44. The van der Waals surface area contributed by atoms with Crippen LogP contribution in [0.15, 0.2) is 41.0 Å². The monoisotopic (exact) mass is 364 g/mol. The lowest BCUT2D eigenvalue weighted by atomic mass is 9.79. The van der Waals surface area contributed by atoms with Gasteiger partial charge in [0.05, 0.1) is 0 Å². The zero-order valence-corrected chi connectivity index (χ0v) is 14.3. The fraction of sp³-hybridized carbons (Fsp3) is 0.353. The number of hydrogen-bond acceptors (Lipinski definition) is 2. The molecule has 21 heavy (non-hydrogen) atoms. The van der Waals surface area contributed by atoms with Crippen molar-refractivity contribution in [2.45, 2.75) is 31.2 Å². The number of nitrogens with zero attached hydrogens (tertiary/aromatic N) is 1. The molecule has 0 saturated carbocycles. The molecule has 2 atom stereocenters. The molecule has 0 aliphatic heterocycles. The number of pyridine rings is 1. The van der Waals surface area contributed by atoms with E-state index in [-0.39, 0.29) is 6.04 Å². The Kier molecular flexibility index (Phi) is 4.63. The molecular formula is C17H18BrClN2. The molecule has 0 radical (unpaired) electrons. The predicted octanol–water partition coefficient (Wildman–Crippen LogP) is 4.88. The summed E-state index contributed by atoms with van der Waals surface area (Å²) in [6.45, 7) is 0. The molecule has 2 aromatic rings. The number of aryl methyl sites for hydroxylation is 1. The zero-order valence-electron chi connectivity index (χ0n) is 11.9. The van der Waals surface area contributed by atoms with Crippen molar-refractivity contribution >= 4 is 27.5 Å². The number of aromatic nitrogens is 1. The van der Waals surface area contributed by atoms with Gasteiger partial charge in [-0.15, -0.1) is 0 Å². The number of nitrogens with one attached hydrogen (secondary N) is 1. The van der Waals surface area contributed by atoms with Crippen LogP contribution in [0.5, 0.6) is 0 Å².